The van der Waals surface area contributed by atoms with E-state index in [4.69, 9.17) is 0 Å². The highest BCUT2D eigenvalue weighted by atomic mass is 32.2. The predicted octanol–water partition coefficient (Wildman–Crippen LogP) is 3.24. The lowest BCUT2D eigenvalue weighted by molar-refractivity contribution is 0.102. The summed E-state index contributed by atoms with van der Waals surface area (Å²) in [6.07, 6.45) is 5.28. The lowest BCUT2D eigenvalue weighted by Gasteiger charge is -2.00. The van der Waals surface area contributed by atoms with Crippen molar-refractivity contribution in [2.45, 2.75) is 12.1 Å². The third-order valence-electron chi connectivity index (χ3n) is 2.98. The number of thioether (sulfide) groups is 1. The highest BCUT2D eigenvalue weighted by Gasteiger charge is 2.12. The van der Waals surface area contributed by atoms with Gasteiger partial charge in [-0.05, 0) is 18.6 Å². The van der Waals surface area contributed by atoms with E-state index >= 15 is 0 Å². The standard InChI is InChI=1S/C15H13N3OS/c1-10-6-17-15(18-7-10)20-9-14(19)12-8-16-13-5-3-2-4-11(12)13/h2-8,16H,9H2,1H3. The Morgan fingerprint density at radius 3 is 2.80 bits per heavy atom. The molecule has 1 aromatic carbocycles. The van der Waals surface area contributed by atoms with E-state index in [0.717, 1.165) is 22.0 Å². The van der Waals surface area contributed by atoms with Gasteiger partial charge in [0.25, 0.3) is 0 Å². The maximum absolute atomic E-state index is 12.3. The number of carbonyl (C=O) groups excluding carboxylic acids is 1. The van der Waals surface area contributed by atoms with Crippen LogP contribution in [0.3, 0.4) is 0 Å². The second kappa shape index (κ2) is 5.46. The Morgan fingerprint density at radius 1 is 1.25 bits per heavy atom. The van der Waals surface area contributed by atoms with Gasteiger partial charge in [-0.2, -0.15) is 0 Å². The first kappa shape index (κ1) is 12.9. The summed E-state index contributed by atoms with van der Waals surface area (Å²) in [5, 5.41) is 1.59. The van der Waals surface area contributed by atoms with Gasteiger partial charge in [-0.3, -0.25) is 4.79 Å². The van der Waals surface area contributed by atoms with E-state index in [1.807, 2.05) is 31.2 Å². The number of Topliss-reactive ketones (excluding diaryl/α,β-unsaturated/α-hetero) is 1. The molecular formula is C15H13N3OS. The van der Waals surface area contributed by atoms with Gasteiger partial charge < -0.3 is 4.98 Å². The average Bonchev–Trinajstić information content (AvgIpc) is 2.90. The molecule has 0 radical (unpaired) electrons. The molecule has 0 aliphatic carbocycles. The molecule has 0 fully saturated rings. The first-order valence-electron chi connectivity index (χ1n) is 6.25. The van der Waals surface area contributed by atoms with Gasteiger partial charge in [0.2, 0.25) is 0 Å². The number of H-pyrrole nitrogens is 1. The fraction of sp³-hybridized carbons (Fsp3) is 0.133. The quantitative estimate of drug-likeness (QED) is 0.453. The van der Waals surface area contributed by atoms with E-state index in [1.54, 1.807) is 18.6 Å². The zero-order chi connectivity index (χ0) is 13.9. The summed E-state index contributed by atoms with van der Waals surface area (Å²) in [4.78, 5) is 23.7. The van der Waals surface area contributed by atoms with Crippen LogP contribution in [0.1, 0.15) is 15.9 Å². The van der Waals surface area contributed by atoms with Crippen LogP contribution in [0.4, 0.5) is 0 Å². The van der Waals surface area contributed by atoms with Crippen LogP contribution in [0.25, 0.3) is 10.9 Å². The maximum Gasteiger partial charge on any atom is 0.187 e. The Bertz CT molecular complexity index is 749. The van der Waals surface area contributed by atoms with Gasteiger partial charge in [0.05, 0.1) is 5.75 Å². The minimum atomic E-state index is 0.0802. The molecule has 0 spiro atoms. The molecular weight excluding hydrogens is 270 g/mol. The minimum Gasteiger partial charge on any atom is -0.360 e. The van der Waals surface area contributed by atoms with Crippen LogP contribution in [0.15, 0.2) is 48.0 Å². The van der Waals surface area contributed by atoms with Crippen LogP contribution in [0.5, 0.6) is 0 Å². The Morgan fingerprint density at radius 2 is 2.00 bits per heavy atom. The summed E-state index contributed by atoms with van der Waals surface area (Å²) in [5.41, 5.74) is 2.71. The molecule has 1 N–H and O–H groups in total. The molecule has 0 bridgehead atoms. The summed E-state index contributed by atoms with van der Waals surface area (Å²) in [7, 11) is 0. The summed E-state index contributed by atoms with van der Waals surface area (Å²) >= 11 is 1.36. The predicted molar refractivity (Wildman–Crippen MR) is 80.1 cm³/mol. The lowest BCUT2D eigenvalue weighted by Crippen LogP contribution is -2.02. The number of rotatable bonds is 4. The number of hydrogen-bond acceptors (Lipinski definition) is 4. The average molecular weight is 283 g/mol. The number of nitrogens with one attached hydrogen (secondary N) is 1. The second-order valence-corrected chi connectivity index (χ2v) is 5.45. The van der Waals surface area contributed by atoms with Crippen LogP contribution < -0.4 is 0 Å². The highest BCUT2D eigenvalue weighted by Crippen LogP contribution is 2.21. The van der Waals surface area contributed by atoms with E-state index in [0.29, 0.717) is 10.9 Å². The van der Waals surface area contributed by atoms with E-state index in [-0.39, 0.29) is 5.78 Å². The van der Waals surface area contributed by atoms with E-state index in [2.05, 4.69) is 15.0 Å². The van der Waals surface area contributed by atoms with Gasteiger partial charge in [-0.1, -0.05) is 30.0 Å². The molecule has 0 aliphatic rings. The molecule has 5 heteroatoms. The number of hydrogen-bond donors (Lipinski definition) is 1. The summed E-state index contributed by atoms with van der Waals surface area (Å²) < 4.78 is 0. The molecule has 2 aromatic heterocycles. The van der Waals surface area contributed by atoms with Crippen molar-refractivity contribution in [2.75, 3.05) is 5.75 Å². The Hall–Kier alpha value is -2.14. The SMILES string of the molecule is Cc1cnc(SCC(=O)c2c[nH]c3ccccc23)nc1. The Kier molecular flexibility index (Phi) is 3.52. The first-order valence-corrected chi connectivity index (χ1v) is 7.23. The molecule has 0 saturated heterocycles. The number of fused-ring (bicyclic) bond motifs is 1. The number of para-hydroxylation sites is 1. The molecule has 3 rings (SSSR count). The van der Waals surface area contributed by atoms with E-state index in [9.17, 15) is 4.79 Å². The number of carbonyl (C=O) groups is 1. The van der Waals surface area contributed by atoms with Gasteiger partial charge >= 0.3 is 0 Å². The van der Waals surface area contributed by atoms with Crippen molar-refractivity contribution in [3.05, 3.63) is 54.0 Å². The van der Waals surface area contributed by atoms with Crippen LogP contribution >= 0.6 is 11.8 Å². The number of aromatic nitrogens is 3. The van der Waals surface area contributed by atoms with Crippen molar-refractivity contribution >= 4 is 28.4 Å². The zero-order valence-electron chi connectivity index (χ0n) is 11.0. The monoisotopic (exact) mass is 283 g/mol. The topological polar surface area (TPSA) is 58.6 Å². The van der Waals surface area contributed by atoms with Crippen molar-refractivity contribution in [1.82, 2.24) is 15.0 Å². The number of nitrogens with zero attached hydrogens (tertiary/aromatic N) is 2. The number of benzene rings is 1. The highest BCUT2D eigenvalue weighted by molar-refractivity contribution is 7.99. The Labute approximate surface area is 120 Å². The molecule has 0 aliphatic heterocycles. The largest absolute Gasteiger partial charge is 0.360 e. The smallest absolute Gasteiger partial charge is 0.187 e. The molecule has 4 nitrogen and oxygen atoms in total. The summed E-state index contributed by atoms with van der Waals surface area (Å²) in [6.45, 7) is 1.94. The number of ketones is 1. The van der Waals surface area contributed by atoms with E-state index in [1.165, 1.54) is 11.8 Å². The first-order chi connectivity index (χ1) is 9.74. The fourth-order valence-electron chi connectivity index (χ4n) is 1.97. The Balaban J connectivity index is 1.75. The van der Waals surface area contributed by atoms with Crippen LogP contribution in [0, 0.1) is 6.92 Å². The van der Waals surface area contributed by atoms with Gasteiger partial charge in [0, 0.05) is 35.1 Å². The van der Waals surface area contributed by atoms with Crippen LogP contribution in [-0.2, 0) is 0 Å². The normalized spacial score (nSPS) is 10.8. The molecule has 3 aromatic rings. The molecule has 0 saturated carbocycles. The summed E-state index contributed by atoms with van der Waals surface area (Å²) in [6, 6.07) is 7.79. The van der Waals surface area contributed by atoms with Crippen molar-refractivity contribution < 1.29 is 4.79 Å². The second-order valence-electron chi connectivity index (χ2n) is 4.50. The third kappa shape index (κ3) is 2.58. The van der Waals surface area contributed by atoms with Gasteiger partial charge in [0.15, 0.2) is 10.9 Å². The van der Waals surface area contributed by atoms with Crippen molar-refractivity contribution in [1.29, 1.82) is 0 Å². The minimum absolute atomic E-state index is 0.0802. The zero-order valence-corrected chi connectivity index (χ0v) is 11.8. The fourth-order valence-corrected chi connectivity index (χ4v) is 2.64. The van der Waals surface area contributed by atoms with Crippen molar-refractivity contribution in [2.24, 2.45) is 0 Å². The molecule has 2 heterocycles. The van der Waals surface area contributed by atoms with Gasteiger partial charge in [-0.25, -0.2) is 9.97 Å². The van der Waals surface area contributed by atoms with Crippen molar-refractivity contribution in [3.8, 4) is 0 Å². The molecule has 100 valence electrons. The van der Waals surface area contributed by atoms with Crippen molar-refractivity contribution in [3.63, 3.8) is 0 Å². The van der Waals surface area contributed by atoms with Gasteiger partial charge in [0.1, 0.15) is 0 Å². The van der Waals surface area contributed by atoms with E-state index < -0.39 is 0 Å². The summed E-state index contributed by atoms with van der Waals surface area (Å²) in [5.74, 6) is 0.418. The molecule has 0 atom stereocenters. The third-order valence-corrected chi connectivity index (χ3v) is 3.85. The van der Waals surface area contributed by atoms with Gasteiger partial charge in [-0.15, -0.1) is 0 Å². The lowest BCUT2D eigenvalue weighted by atomic mass is 10.1. The van der Waals surface area contributed by atoms with Crippen LogP contribution in [0.2, 0.25) is 0 Å². The maximum atomic E-state index is 12.3. The van der Waals surface area contributed by atoms with Crippen LogP contribution in [-0.4, -0.2) is 26.5 Å². The molecule has 0 unspecified atom stereocenters. The number of aromatic amines is 1. The molecule has 0 amide bonds. The number of aryl methyl sites for hydroxylation is 1. The molecule has 20 heavy (non-hydrogen) atoms.